The molecule has 2 aromatic rings. The van der Waals surface area contributed by atoms with Gasteiger partial charge in [0.05, 0.1) is 12.5 Å². The fraction of sp³-hybridized carbons (Fsp3) is 0.500. The number of carbonyl (C=O) groups is 1. The van der Waals surface area contributed by atoms with E-state index in [1.165, 1.54) is 0 Å². The van der Waals surface area contributed by atoms with Crippen molar-refractivity contribution in [3.8, 4) is 5.88 Å². The number of imidazole rings is 1. The van der Waals surface area contributed by atoms with Gasteiger partial charge in [0.25, 0.3) is 0 Å². The molecule has 0 saturated carbocycles. The van der Waals surface area contributed by atoms with E-state index in [1.807, 2.05) is 17.6 Å². The van der Waals surface area contributed by atoms with E-state index < -0.39 is 0 Å². The van der Waals surface area contributed by atoms with Crippen LogP contribution < -0.4 is 10.5 Å². The number of methoxy groups -OCH3 is 1. The van der Waals surface area contributed by atoms with Crippen LogP contribution in [-0.2, 0) is 11.3 Å². The second-order valence-corrected chi connectivity index (χ2v) is 5.51. The number of aryl methyl sites for hydroxylation is 1. The molecule has 0 fully saturated rings. The van der Waals surface area contributed by atoms with Crippen LogP contribution in [0.25, 0.3) is 11.2 Å². The number of ether oxygens (including phenoxy) is 1. The maximum absolute atomic E-state index is 10.8. The maximum atomic E-state index is 10.8. The fourth-order valence-electron chi connectivity index (χ4n) is 2.21. The number of halogens is 1. The highest BCUT2D eigenvalue weighted by atomic mass is 35.5. The fourth-order valence-corrected chi connectivity index (χ4v) is 2.38. The van der Waals surface area contributed by atoms with Gasteiger partial charge in [-0.1, -0.05) is 0 Å². The standard InChI is InChI=1S/C14H19ClN4O2/c1-9(15)13-17-10-6-7-12(21-2)18-14(10)19(13)8-4-3-5-11(16)20/h6-7,9H,3-5,8H2,1-2H3,(H2,16,20). The number of rotatable bonds is 7. The number of pyridine rings is 1. The molecule has 1 unspecified atom stereocenters. The SMILES string of the molecule is COc1ccc2nc(C(C)Cl)n(CCCCC(N)=O)c2n1. The molecule has 2 N–H and O–H groups in total. The van der Waals surface area contributed by atoms with E-state index in [2.05, 4.69) is 9.97 Å². The van der Waals surface area contributed by atoms with Crippen molar-refractivity contribution in [2.75, 3.05) is 7.11 Å². The highest BCUT2D eigenvalue weighted by Gasteiger charge is 2.16. The Hall–Kier alpha value is -1.82. The van der Waals surface area contributed by atoms with E-state index in [9.17, 15) is 4.79 Å². The summed E-state index contributed by atoms with van der Waals surface area (Å²) in [6, 6.07) is 3.64. The molecule has 1 atom stereocenters. The zero-order chi connectivity index (χ0) is 15.4. The Kier molecular flexibility index (Phi) is 5.01. The second kappa shape index (κ2) is 6.76. The number of carbonyl (C=O) groups excluding carboxylic acids is 1. The van der Waals surface area contributed by atoms with Crippen molar-refractivity contribution in [2.24, 2.45) is 5.73 Å². The molecule has 0 aliphatic heterocycles. The molecule has 0 aromatic carbocycles. The van der Waals surface area contributed by atoms with Gasteiger partial charge in [-0.15, -0.1) is 11.6 Å². The molecule has 7 heteroatoms. The predicted molar refractivity (Wildman–Crippen MR) is 81.4 cm³/mol. The van der Waals surface area contributed by atoms with Crippen LogP contribution in [0, 0.1) is 0 Å². The molecule has 2 rings (SSSR count). The third-order valence-electron chi connectivity index (χ3n) is 3.22. The van der Waals surface area contributed by atoms with Crippen molar-refractivity contribution < 1.29 is 9.53 Å². The molecule has 1 amide bonds. The van der Waals surface area contributed by atoms with Crippen molar-refractivity contribution in [1.29, 1.82) is 0 Å². The molecule has 114 valence electrons. The van der Waals surface area contributed by atoms with Crippen LogP contribution in [-0.4, -0.2) is 27.6 Å². The number of nitrogens with zero attached hydrogens (tertiary/aromatic N) is 3. The van der Waals surface area contributed by atoms with Crippen LogP contribution in [0.3, 0.4) is 0 Å². The van der Waals surface area contributed by atoms with Crippen molar-refractivity contribution in [2.45, 2.75) is 38.1 Å². The first-order chi connectivity index (χ1) is 10.0. The molecule has 2 heterocycles. The summed E-state index contributed by atoms with van der Waals surface area (Å²) < 4.78 is 7.14. The Morgan fingerprint density at radius 1 is 1.43 bits per heavy atom. The minimum atomic E-state index is -0.281. The Bertz CT molecular complexity index is 639. The molecule has 0 aliphatic rings. The van der Waals surface area contributed by atoms with Crippen LogP contribution >= 0.6 is 11.6 Å². The smallest absolute Gasteiger partial charge is 0.217 e. The lowest BCUT2D eigenvalue weighted by molar-refractivity contribution is -0.118. The summed E-state index contributed by atoms with van der Waals surface area (Å²) in [6.45, 7) is 2.57. The van der Waals surface area contributed by atoms with Gasteiger partial charge in [-0.25, -0.2) is 4.98 Å². The summed E-state index contributed by atoms with van der Waals surface area (Å²) in [7, 11) is 1.58. The number of fused-ring (bicyclic) bond motifs is 1. The van der Waals surface area contributed by atoms with Crippen molar-refractivity contribution in [3.63, 3.8) is 0 Å². The number of nitrogens with two attached hydrogens (primary N) is 1. The van der Waals surface area contributed by atoms with Gasteiger partial charge in [0.2, 0.25) is 11.8 Å². The van der Waals surface area contributed by atoms with Gasteiger partial charge in [0, 0.05) is 19.0 Å². The van der Waals surface area contributed by atoms with Crippen molar-refractivity contribution >= 4 is 28.7 Å². The summed E-state index contributed by atoms with van der Waals surface area (Å²) in [5, 5.41) is -0.221. The molecule has 2 aromatic heterocycles. The topological polar surface area (TPSA) is 83.0 Å². The Morgan fingerprint density at radius 3 is 2.81 bits per heavy atom. The number of unbranched alkanes of at least 4 members (excludes halogenated alkanes) is 1. The maximum Gasteiger partial charge on any atom is 0.217 e. The molecule has 21 heavy (non-hydrogen) atoms. The van der Waals surface area contributed by atoms with Crippen LogP contribution in [0.1, 0.15) is 37.4 Å². The summed E-state index contributed by atoms with van der Waals surface area (Å²) >= 11 is 6.20. The van der Waals surface area contributed by atoms with Gasteiger partial charge in [-0.05, 0) is 25.8 Å². The zero-order valence-corrected chi connectivity index (χ0v) is 12.9. The van der Waals surface area contributed by atoms with Gasteiger partial charge in [0.15, 0.2) is 5.65 Å². The normalized spacial score (nSPS) is 12.5. The van der Waals surface area contributed by atoms with Crippen LogP contribution in [0.5, 0.6) is 5.88 Å². The third-order valence-corrected chi connectivity index (χ3v) is 3.41. The number of primary amides is 1. The van der Waals surface area contributed by atoms with Crippen LogP contribution in [0.15, 0.2) is 12.1 Å². The minimum absolute atomic E-state index is 0.221. The van der Waals surface area contributed by atoms with Gasteiger partial charge >= 0.3 is 0 Å². The molecular weight excluding hydrogens is 292 g/mol. The Morgan fingerprint density at radius 2 is 2.19 bits per heavy atom. The molecular formula is C14H19ClN4O2. The average Bonchev–Trinajstić information content (AvgIpc) is 2.81. The lowest BCUT2D eigenvalue weighted by Gasteiger charge is -2.09. The number of alkyl halides is 1. The average molecular weight is 311 g/mol. The number of aromatic nitrogens is 3. The van der Waals surface area contributed by atoms with Gasteiger partial charge in [-0.2, -0.15) is 4.98 Å². The van der Waals surface area contributed by atoms with E-state index in [0.717, 1.165) is 29.8 Å². The quantitative estimate of drug-likeness (QED) is 0.628. The van der Waals surface area contributed by atoms with E-state index in [-0.39, 0.29) is 11.3 Å². The van der Waals surface area contributed by atoms with E-state index >= 15 is 0 Å². The molecule has 0 bridgehead atoms. The summed E-state index contributed by atoms with van der Waals surface area (Å²) in [5.74, 6) is 1.03. The van der Waals surface area contributed by atoms with E-state index in [4.69, 9.17) is 22.1 Å². The highest BCUT2D eigenvalue weighted by molar-refractivity contribution is 6.20. The third kappa shape index (κ3) is 3.64. The number of amides is 1. The number of hydrogen-bond acceptors (Lipinski definition) is 4. The highest BCUT2D eigenvalue weighted by Crippen LogP contribution is 2.25. The summed E-state index contributed by atoms with van der Waals surface area (Å²) in [5.41, 5.74) is 6.68. The van der Waals surface area contributed by atoms with Crippen molar-refractivity contribution in [1.82, 2.24) is 14.5 Å². The molecule has 6 nitrogen and oxygen atoms in total. The monoisotopic (exact) mass is 310 g/mol. The van der Waals surface area contributed by atoms with E-state index in [0.29, 0.717) is 18.8 Å². The summed E-state index contributed by atoms with van der Waals surface area (Å²) in [6.07, 6.45) is 1.92. The second-order valence-electron chi connectivity index (χ2n) is 4.86. The van der Waals surface area contributed by atoms with Gasteiger partial charge < -0.3 is 15.0 Å². The van der Waals surface area contributed by atoms with Crippen LogP contribution in [0.2, 0.25) is 0 Å². The first kappa shape index (κ1) is 15.6. The lowest BCUT2D eigenvalue weighted by atomic mass is 10.2. The Balaban J connectivity index is 2.28. The molecule has 0 radical (unpaired) electrons. The largest absolute Gasteiger partial charge is 0.481 e. The van der Waals surface area contributed by atoms with Crippen molar-refractivity contribution in [3.05, 3.63) is 18.0 Å². The molecule has 0 saturated heterocycles. The Labute approximate surface area is 128 Å². The first-order valence-corrected chi connectivity index (χ1v) is 7.30. The summed E-state index contributed by atoms with van der Waals surface area (Å²) in [4.78, 5) is 19.7. The minimum Gasteiger partial charge on any atom is -0.481 e. The van der Waals surface area contributed by atoms with Crippen LogP contribution in [0.4, 0.5) is 0 Å². The predicted octanol–water partition coefficient (Wildman–Crippen LogP) is 2.40. The molecule has 0 spiro atoms. The first-order valence-electron chi connectivity index (χ1n) is 6.86. The van der Waals surface area contributed by atoms with E-state index in [1.54, 1.807) is 13.2 Å². The zero-order valence-electron chi connectivity index (χ0n) is 12.2. The van der Waals surface area contributed by atoms with Gasteiger partial charge in [-0.3, -0.25) is 4.79 Å². The number of hydrogen-bond donors (Lipinski definition) is 1. The lowest BCUT2D eigenvalue weighted by Crippen LogP contribution is -2.11. The molecule has 0 aliphatic carbocycles. The van der Waals surface area contributed by atoms with Gasteiger partial charge in [0.1, 0.15) is 11.3 Å².